The second-order valence-electron chi connectivity index (χ2n) is 9.98. The monoisotopic (exact) mass is 460 g/mol. The SMILES string of the molecule is COc1cc(C(C)(C)C)ccc1-c1nc(OCC2CCNCC2)cnc1-c1ccc(CN)cc1. The Kier molecular flexibility index (Phi) is 7.49. The molecule has 2 heterocycles. The average molecular weight is 461 g/mol. The minimum absolute atomic E-state index is 0.0121. The highest BCUT2D eigenvalue weighted by Crippen LogP contribution is 2.38. The van der Waals surface area contributed by atoms with E-state index < -0.39 is 0 Å². The van der Waals surface area contributed by atoms with E-state index in [1.54, 1.807) is 13.3 Å². The molecule has 180 valence electrons. The lowest BCUT2D eigenvalue weighted by Crippen LogP contribution is -2.30. The van der Waals surface area contributed by atoms with Crippen LogP contribution in [0.25, 0.3) is 22.5 Å². The molecule has 0 saturated carbocycles. The van der Waals surface area contributed by atoms with Gasteiger partial charge in [0.25, 0.3) is 0 Å². The maximum absolute atomic E-state index is 6.13. The number of ether oxygens (including phenoxy) is 2. The van der Waals surface area contributed by atoms with Crippen LogP contribution in [0.3, 0.4) is 0 Å². The molecule has 6 nitrogen and oxygen atoms in total. The molecule has 1 saturated heterocycles. The summed E-state index contributed by atoms with van der Waals surface area (Å²) in [5.41, 5.74) is 11.5. The van der Waals surface area contributed by atoms with E-state index in [9.17, 15) is 0 Å². The van der Waals surface area contributed by atoms with E-state index in [0.717, 1.165) is 59.8 Å². The molecular formula is C28H36N4O2. The lowest BCUT2D eigenvalue weighted by atomic mass is 9.86. The van der Waals surface area contributed by atoms with Gasteiger partial charge in [-0.15, -0.1) is 0 Å². The van der Waals surface area contributed by atoms with Gasteiger partial charge in [0.1, 0.15) is 11.4 Å². The summed E-state index contributed by atoms with van der Waals surface area (Å²) in [4.78, 5) is 9.75. The normalized spacial score (nSPS) is 14.7. The second-order valence-corrected chi connectivity index (χ2v) is 9.98. The molecule has 0 amide bonds. The van der Waals surface area contributed by atoms with Gasteiger partial charge in [0, 0.05) is 17.7 Å². The van der Waals surface area contributed by atoms with Crippen molar-refractivity contribution in [2.75, 3.05) is 26.8 Å². The summed E-state index contributed by atoms with van der Waals surface area (Å²) in [6.45, 7) is 9.83. The summed E-state index contributed by atoms with van der Waals surface area (Å²) in [6, 6.07) is 14.5. The third-order valence-corrected chi connectivity index (χ3v) is 6.46. The Balaban J connectivity index is 1.75. The Hall–Kier alpha value is -2.96. The van der Waals surface area contributed by atoms with Gasteiger partial charge >= 0.3 is 0 Å². The fourth-order valence-corrected chi connectivity index (χ4v) is 4.25. The Morgan fingerprint density at radius 3 is 2.41 bits per heavy atom. The van der Waals surface area contributed by atoms with Gasteiger partial charge < -0.3 is 20.5 Å². The fourth-order valence-electron chi connectivity index (χ4n) is 4.25. The third-order valence-electron chi connectivity index (χ3n) is 6.46. The van der Waals surface area contributed by atoms with Gasteiger partial charge in [0.05, 0.1) is 25.6 Å². The lowest BCUT2D eigenvalue weighted by Gasteiger charge is -2.23. The van der Waals surface area contributed by atoms with E-state index in [4.69, 9.17) is 25.2 Å². The molecule has 0 unspecified atom stereocenters. The van der Waals surface area contributed by atoms with Gasteiger partial charge in [-0.3, -0.25) is 0 Å². The zero-order chi connectivity index (χ0) is 24.1. The van der Waals surface area contributed by atoms with Crippen LogP contribution in [0.1, 0.15) is 44.7 Å². The van der Waals surface area contributed by atoms with E-state index in [-0.39, 0.29) is 5.41 Å². The van der Waals surface area contributed by atoms with Crippen LogP contribution in [0.15, 0.2) is 48.7 Å². The van der Waals surface area contributed by atoms with Gasteiger partial charge in [-0.2, -0.15) is 0 Å². The number of nitrogens with two attached hydrogens (primary N) is 1. The molecule has 1 aliphatic heterocycles. The molecule has 0 bridgehead atoms. The first-order valence-electron chi connectivity index (χ1n) is 12.1. The van der Waals surface area contributed by atoms with Gasteiger partial charge in [-0.1, -0.05) is 51.1 Å². The second kappa shape index (κ2) is 10.5. The number of benzene rings is 2. The standard InChI is InChI=1S/C28H36N4O2/c1-28(2,3)22-9-10-23(24(15-22)33-4)27-26(21-7-5-19(16-29)6-8-21)31-17-25(32-27)34-18-20-11-13-30-14-12-20/h5-10,15,17,20,30H,11-14,16,18,29H2,1-4H3. The van der Waals surface area contributed by atoms with Crippen LogP contribution in [0.4, 0.5) is 0 Å². The highest BCUT2D eigenvalue weighted by molar-refractivity contribution is 5.81. The van der Waals surface area contributed by atoms with Crippen molar-refractivity contribution in [1.29, 1.82) is 0 Å². The van der Waals surface area contributed by atoms with Crippen molar-refractivity contribution in [3.05, 3.63) is 59.8 Å². The van der Waals surface area contributed by atoms with Gasteiger partial charge in [0.2, 0.25) is 5.88 Å². The van der Waals surface area contributed by atoms with Crippen LogP contribution in [-0.4, -0.2) is 36.8 Å². The molecule has 1 aliphatic rings. The van der Waals surface area contributed by atoms with E-state index >= 15 is 0 Å². The van der Waals surface area contributed by atoms with Gasteiger partial charge in [-0.05, 0) is 60.5 Å². The first-order valence-corrected chi connectivity index (χ1v) is 12.1. The number of piperidine rings is 1. The smallest absolute Gasteiger partial charge is 0.232 e. The minimum Gasteiger partial charge on any atom is -0.496 e. The molecule has 2 aromatic carbocycles. The average Bonchev–Trinajstić information content (AvgIpc) is 2.87. The fraction of sp³-hybridized carbons (Fsp3) is 0.429. The first-order chi connectivity index (χ1) is 16.4. The van der Waals surface area contributed by atoms with Crippen molar-refractivity contribution in [3.8, 4) is 34.1 Å². The van der Waals surface area contributed by atoms with Crippen LogP contribution < -0.4 is 20.5 Å². The maximum Gasteiger partial charge on any atom is 0.232 e. The van der Waals surface area contributed by atoms with E-state index in [0.29, 0.717) is 24.9 Å². The molecule has 1 fully saturated rings. The zero-order valence-electron chi connectivity index (χ0n) is 20.7. The van der Waals surface area contributed by atoms with E-state index in [1.807, 2.05) is 24.3 Å². The summed E-state index contributed by atoms with van der Waals surface area (Å²) < 4.78 is 12.0. The topological polar surface area (TPSA) is 82.3 Å². The van der Waals surface area contributed by atoms with Gasteiger partial charge in [0.15, 0.2) is 0 Å². The molecule has 0 radical (unpaired) electrons. The highest BCUT2D eigenvalue weighted by atomic mass is 16.5. The van der Waals surface area contributed by atoms with Crippen molar-refractivity contribution >= 4 is 0 Å². The summed E-state index contributed by atoms with van der Waals surface area (Å²) in [6.07, 6.45) is 3.97. The van der Waals surface area contributed by atoms with Crippen LogP contribution >= 0.6 is 0 Å². The molecule has 0 spiro atoms. The molecule has 1 aromatic heterocycles. The van der Waals surface area contributed by atoms with Crippen molar-refractivity contribution in [2.24, 2.45) is 11.7 Å². The van der Waals surface area contributed by atoms with E-state index in [2.05, 4.69) is 44.3 Å². The summed E-state index contributed by atoms with van der Waals surface area (Å²) >= 11 is 0. The zero-order valence-corrected chi connectivity index (χ0v) is 20.7. The number of rotatable bonds is 7. The summed E-state index contributed by atoms with van der Waals surface area (Å²) in [5.74, 6) is 1.85. The molecular weight excluding hydrogens is 424 g/mol. The molecule has 34 heavy (non-hydrogen) atoms. The molecule has 0 atom stereocenters. The van der Waals surface area contributed by atoms with Crippen molar-refractivity contribution in [3.63, 3.8) is 0 Å². The molecule has 6 heteroatoms. The van der Waals surface area contributed by atoms with Crippen LogP contribution in [0.5, 0.6) is 11.6 Å². The van der Waals surface area contributed by atoms with Crippen molar-refractivity contribution < 1.29 is 9.47 Å². The van der Waals surface area contributed by atoms with Crippen molar-refractivity contribution in [2.45, 2.75) is 45.6 Å². The summed E-state index contributed by atoms with van der Waals surface area (Å²) in [7, 11) is 1.70. The minimum atomic E-state index is 0.0121. The maximum atomic E-state index is 6.13. The number of aromatic nitrogens is 2. The van der Waals surface area contributed by atoms with Gasteiger partial charge in [-0.25, -0.2) is 9.97 Å². The predicted molar refractivity (Wildman–Crippen MR) is 137 cm³/mol. The molecule has 4 rings (SSSR count). The number of hydrogen-bond donors (Lipinski definition) is 2. The summed E-state index contributed by atoms with van der Waals surface area (Å²) in [5, 5.41) is 3.40. The molecule has 3 N–H and O–H groups in total. The number of nitrogens with one attached hydrogen (secondary N) is 1. The molecule has 3 aromatic rings. The highest BCUT2D eigenvalue weighted by Gasteiger charge is 2.21. The number of hydrogen-bond acceptors (Lipinski definition) is 6. The van der Waals surface area contributed by atoms with Crippen LogP contribution in [0.2, 0.25) is 0 Å². The third kappa shape index (κ3) is 5.57. The van der Waals surface area contributed by atoms with Crippen LogP contribution in [-0.2, 0) is 12.0 Å². The largest absolute Gasteiger partial charge is 0.496 e. The number of nitrogens with zero attached hydrogens (tertiary/aromatic N) is 2. The number of methoxy groups -OCH3 is 1. The Bertz CT molecular complexity index is 1100. The van der Waals surface area contributed by atoms with E-state index in [1.165, 1.54) is 5.56 Å². The molecule has 0 aliphatic carbocycles. The Morgan fingerprint density at radius 2 is 1.76 bits per heavy atom. The quantitative estimate of drug-likeness (QED) is 0.519. The Labute approximate surface area is 202 Å². The first kappa shape index (κ1) is 24.2. The Morgan fingerprint density at radius 1 is 1.03 bits per heavy atom. The van der Waals surface area contributed by atoms with Crippen molar-refractivity contribution in [1.82, 2.24) is 15.3 Å². The van der Waals surface area contributed by atoms with Crippen LogP contribution in [0, 0.1) is 5.92 Å². The predicted octanol–water partition coefficient (Wildman–Crippen LogP) is 4.95. The lowest BCUT2D eigenvalue weighted by molar-refractivity contribution is 0.208.